The van der Waals surface area contributed by atoms with Crippen molar-refractivity contribution in [3.8, 4) is 5.88 Å². The number of benzene rings is 1. The molecule has 1 aliphatic rings. The van der Waals surface area contributed by atoms with Gasteiger partial charge in [0.1, 0.15) is 0 Å². The highest BCUT2D eigenvalue weighted by Crippen LogP contribution is 2.37. The van der Waals surface area contributed by atoms with Crippen LogP contribution >= 0.6 is 0 Å². The van der Waals surface area contributed by atoms with Gasteiger partial charge in [0, 0.05) is 23.3 Å². The Labute approximate surface area is 164 Å². The zero-order valence-corrected chi connectivity index (χ0v) is 16.5. The molecule has 0 aliphatic carbocycles. The molecule has 0 saturated heterocycles. The van der Waals surface area contributed by atoms with E-state index in [2.05, 4.69) is 48.2 Å². The second-order valence-corrected chi connectivity index (χ2v) is 7.40. The number of aromatic nitrogens is 2. The Morgan fingerprint density at radius 2 is 2.04 bits per heavy atom. The SMILES string of the molecule is CC(Nc1ccc2c(c1)c(C1=NCCOC1)c(O)n2C(C)C)c1ccccn1. The number of aliphatic imine (C=N–C) groups is 1. The lowest BCUT2D eigenvalue weighted by atomic mass is 10.1. The van der Waals surface area contributed by atoms with E-state index in [-0.39, 0.29) is 18.0 Å². The summed E-state index contributed by atoms with van der Waals surface area (Å²) < 4.78 is 7.54. The number of aromatic hydroxyl groups is 1. The maximum Gasteiger partial charge on any atom is 0.201 e. The van der Waals surface area contributed by atoms with Crippen molar-refractivity contribution in [3.63, 3.8) is 0 Å². The number of hydrogen-bond acceptors (Lipinski definition) is 5. The van der Waals surface area contributed by atoms with Gasteiger partial charge >= 0.3 is 0 Å². The molecule has 3 aromatic rings. The smallest absolute Gasteiger partial charge is 0.201 e. The molecule has 1 aromatic carbocycles. The average Bonchev–Trinajstić information content (AvgIpc) is 3.00. The van der Waals surface area contributed by atoms with Crippen molar-refractivity contribution < 1.29 is 9.84 Å². The third-order valence-electron chi connectivity index (χ3n) is 5.07. The molecule has 0 spiro atoms. The van der Waals surface area contributed by atoms with E-state index in [9.17, 15) is 5.11 Å². The highest BCUT2D eigenvalue weighted by molar-refractivity contribution is 6.14. The van der Waals surface area contributed by atoms with Gasteiger partial charge in [0.05, 0.1) is 48.3 Å². The second-order valence-electron chi connectivity index (χ2n) is 7.40. The molecular formula is C22H26N4O2. The molecule has 1 aliphatic heterocycles. The Morgan fingerprint density at radius 1 is 1.18 bits per heavy atom. The van der Waals surface area contributed by atoms with E-state index < -0.39 is 0 Å². The lowest BCUT2D eigenvalue weighted by molar-refractivity contribution is 0.171. The largest absolute Gasteiger partial charge is 0.494 e. The van der Waals surface area contributed by atoms with Gasteiger partial charge in [-0.25, -0.2) is 0 Å². The molecule has 4 rings (SSSR count). The number of fused-ring (bicyclic) bond motifs is 1. The molecule has 0 radical (unpaired) electrons. The fourth-order valence-electron chi connectivity index (χ4n) is 3.77. The van der Waals surface area contributed by atoms with Crippen LogP contribution < -0.4 is 5.32 Å². The van der Waals surface area contributed by atoms with Gasteiger partial charge in [-0.15, -0.1) is 0 Å². The molecule has 2 N–H and O–H groups in total. The van der Waals surface area contributed by atoms with E-state index in [4.69, 9.17) is 4.74 Å². The molecule has 6 heteroatoms. The first-order valence-electron chi connectivity index (χ1n) is 9.72. The summed E-state index contributed by atoms with van der Waals surface area (Å²) in [5.41, 5.74) is 4.54. The average molecular weight is 378 g/mol. The number of nitrogens with one attached hydrogen (secondary N) is 1. The maximum atomic E-state index is 11.0. The number of pyridine rings is 1. The molecule has 2 aromatic heterocycles. The zero-order valence-electron chi connectivity index (χ0n) is 16.5. The molecule has 6 nitrogen and oxygen atoms in total. The number of anilines is 1. The molecule has 0 fully saturated rings. The van der Waals surface area contributed by atoms with Crippen molar-refractivity contribution >= 4 is 22.3 Å². The number of nitrogens with zero attached hydrogens (tertiary/aromatic N) is 3. The summed E-state index contributed by atoms with van der Waals surface area (Å²) in [5, 5.41) is 15.5. The van der Waals surface area contributed by atoms with E-state index in [1.165, 1.54) is 0 Å². The van der Waals surface area contributed by atoms with Crippen LogP contribution in [0.15, 0.2) is 47.6 Å². The Hall–Kier alpha value is -2.86. The minimum Gasteiger partial charge on any atom is -0.494 e. The minimum absolute atomic E-state index is 0.0678. The first kappa shape index (κ1) is 18.5. The van der Waals surface area contributed by atoms with Crippen LogP contribution in [0.4, 0.5) is 5.69 Å². The number of ether oxygens (including phenoxy) is 1. The van der Waals surface area contributed by atoms with Gasteiger partial charge in [0.25, 0.3) is 0 Å². The first-order chi connectivity index (χ1) is 13.6. The van der Waals surface area contributed by atoms with E-state index >= 15 is 0 Å². The van der Waals surface area contributed by atoms with Crippen molar-refractivity contribution in [2.24, 2.45) is 4.99 Å². The molecule has 0 amide bonds. The summed E-state index contributed by atoms with van der Waals surface area (Å²) in [4.78, 5) is 9.04. The Bertz CT molecular complexity index is 1010. The van der Waals surface area contributed by atoms with E-state index in [1.807, 2.05) is 28.8 Å². The Balaban J connectivity index is 1.78. The first-order valence-corrected chi connectivity index (χ1v) is 9.72. The van der Waals surface area contributed by atoms with Gasteiger partial charge in [-0.3, -0.25) is 9.98 Å². The molecule has 3 heterocycles. The van der Waals surface area contributed by atoms with Gasteiger partial charge in [-0.05, 0) is 51.1 Å². The van der Waals surface area contributed by atoms with Gasteiger partial charge in [-0.1, -0.05) is 6.07 Å². The molecule has 0 bridgehead atoms. The summed E-state index contributed by atoms with van der Waals surface area (Å²) in [6.45, 7) is 7.89. The van der Waals surface area contributed by atoms with Crippen LogP contribution in [0, 0.1) is 0 Å². The summed E-state index contributed by atoms with van der Waals surface area (Å²) in [6, 6.07) is 12.3. The molecule has 146 valence electrons. The van der Waals surface area contributed by atoms with E-state index in [0.29, 0.717) is 19.8 Å². The molecule has 1 atom stereocenters. The van der Waals surface area contributed by atoms with Crippen LogP contribution in [0.5, 0.6) is 5.88 Å². The van der Waals surface area contributed by atoms with Gasteiger partial charge < -0.3 is 19.7 Å². The quantitative estimate of drug-likeness (QED) is 0.694. The normalized spacial score (nSPS) is 15.6. The second kappa shape index (κ2) is 7.64. The standard InChI is InChI=1S/C22H26N4O2/c1-14(2)26-20-8-7-16(25-15(3)18-6-4-5-9-23-18)12-17(20)21(22(26)27)19-13-28-11-10-24-19/h4-9,12,14-15,25,27H,10-11,13H2,1-3H3. The predicted octanol–water partition coefficient (Wildman–Crippen LogP) is 4.32. The lowest BCUT2D eigenvalue weighted by Crippen LogP contribution is -2.19. The van der Waals surface area contributed by atoms with Gasteiger partial charge in [0.15, 0.2) is 0 Å². The predicted molar refractivity (Wildman–Crippen MR) is 112 cm³/mol. The monoisotopic (exact) mass is 378 g/mol. The zero-order chi connectivity index (χ0) is 19.7. The Morgan fingerprint density at radius 3 is 2.71 bits per heavy atom. The summed E-state index contributed by atoms with van der Waals surface area (Å²) in [5.74, 6) is 0.254. The van der Waals surface area contributed by atoms with Crippen LogP contribution in [0.2, 0.25) is 0 Å². The molecule has 28 heavy (non-hydrogen) atoms. The van der Waals surface area contributed by atoms with Crippen molar-refractivity contribution in [2.75, 3.05) is 25.1 Å². The summed E-state index contributed by atoms with van der Waals surface area (Å²) >= 11 is 0. The highest BCUT2D eigenvalue weighted by atomic mass is 16.5. The van der Waals surface area contributed by atoms with Crippen LogP contribution in [-0.4, -0.2) is 40.1 Å². The van der Waals surface area contributed by atoms with Crippen LogP contribution in [0.25, 0.3) is 10.9 Å². The Kier molecular flexibility index (Phi) is 5.05. The fraction of sp³-hybridized carbons (Fsp3) is 0.364. The van der Waals surface area contributed by atoms with Gasteiger partial charge in [-0.2, -0.15) is 0 Å². The maximum absolute atomic E-state index is 11.0. The van der Waals surface area contributed by atoms with Crippen molar-refractivity contribution in [1.29, 1.82) is 0 Å². The van der Waals surface area contributed by atoms with Crippen molar-refractivity contribution in [1.82, 2.24) is 9.55 Å². The topological polar surface area (TPSA) is 71.7 Å². The highest BCUT2D eigenvalue weighted by Gasteiger charge is 2.24. The lowest BCUT2D eigenvalue weighted by Gasteiger charge is -2.15. The third kappa shape index (κ3) is 3.36. The molecule has 1 unspecified atom stereocenters. The van der Waals surface area contributed by atoms with E-state index in [0.717, 1.165) is 33.6 Å². The molecule has 0 saturated carbocycles. The third-order valence-corrected chi connectivity index (χ3v) is 5.07. The van der Waals surface area contributed by atoms with Crippen molar-refractivity contribution in [2.45, 2.75) is 32.9 Å². The summed E-state index contributed by atoms with van der Waals surface area (Å²) in [6.07, 6.45) is 1.80. The molecular weight excluding hydrogens is 352 g/mol. The minimum atomic E-state index is 0.0678. The van der Waals surface area contributed by atoms with Crippen LogP contribution in [0.1, 0.15) is 44.1 Å². The van der Waals surface area contributed by atoms with Crippen LogP contribution in [-0.2, 0) is 4.74 Å². The number of hydrogen-bond donors (Lipinski definition) is 2. The fourth-order valence-corrected chi connectivity index (χ4v) is 3.77. The number of rotatable bonds is 5. The van der Waals surface area contributed by atoms with Gasteiger partial charge in [0.2, 0.25) is 5.88 Å². The van der Waals surface area contributed by atoms with Crippen LogP contribution in [0.3, 0.4) is 0 Å². The van der Waals surface area contributed by atoms with E-state index in [1.54, 1.807) is 6.20 Å². The summed E-state index contributed by atoms with van der Waals surface area (Å²) in [7, 11) is 0. The van der Waals surface area contributed by atoms with Crippen molar-refractivity contribution in [3.05, 3.63) is 53.9 Å².